The Hall–Kier alpha value is -1.51. The zero-order chi connectivity index (χ0) is 12.8. The maximum Gasteiger partial charge on any atom is 0.121 e. The van der Waals surface area contributed by atoms with Crippen molar-refractivity contribution in [2.75, 3.05) is 7.05 Å². The first kappa shape index (κ1) is 12.9. The molecule has 0 saturated carbocycles. The molecule has 0 heterocycles. The van der Waals surface area contributed by atoms with E-state index in [-0.39, 0.29) is 0 Å². The van der Waals surface area contributed by atoms with Gasteiger partial charge in [-0.3, -0.25) is 0 Å². The monoisotopic (exact) mass is 261 g/mol. The summed E-state index contributed by atoms with van der Waals surface area (Å²) in [5, 5.41) is 3.83. The first-order valence-electron chi connectivity index (χ1n) is 5.89. The van der Waals surface area contributed by atoms with E-state index in [9.17, 15) is 0 Å². The fraction of sp³-hybridized carbons (Fsp3) is 0.200. The first-order chi connectivity index (χ1) is 8.78. The van der Waals surface area contributed by atoms with Gasteiger partial charge in [0.25, 0.3) is 0 Å². The molecule has 1 N–H and O–H groups in total. The standard InChI is InChI=1S/C15H16ClNO/c1-17-10-12-4-2-5-13(8-12)11-18-15-7-3-6-14(16)9-15/h2-9,17H,10-11H2,1H3. The van der Waals surface area contributed by atoms with Crippen molar-refractivity contribution >= 4 is 11.6 Å². The molecule has 0 aliphatic carbocycles. The van der Waals surface area contributed by atoms with Gasteiger partial charge >= 0.3 is 0 Å². The van der Waals surface area contributed by atoms with Crippen LogP contribution in [-0.4, -0.2) is 7.05 Å². The molecule has 18 heavy (non-hydrogen) atoms. The first-order valence-corrected chi connectivity index (χ1v) is 6.26. The summed E-state index contributed by atoms with van der Waals surface area (Å²) in [6.07, 6.45) is 0. The van der Waals surface area contributed by atoms with Crippen molar-refractivity contribution in [3.63, 3.8) is 0 Å². The minimum Gasteiger partial charge on any atom is -0.489 e. The second-order valence-corrected chi connectivity index (χ2v) is 4.53. The van der Waals surface area contributed by atoms with Crippen molar-refractivity contribution in [2.24, 2.45) is 0 Å². The van der Waals surface area contributed by atoms with E-state index in [0.717, 1.165) is 17.9 Å². The third-order valence-electron chi connectivity index (χ3n) is 2.57. The normalized spacial score (nSPS) is 10.3. The average Bonchev–Trinajstić information content (AvgIpc) is 2.37. The highest BCUT2D eigenvalue weighted by Crippen LogP contribution is 2.18. The summed E-state index contributed by atoms with van der Waals surface area (Å²) in [5.74, 6) is 0.793. The molecule has 2 nitrogen and oxygen atoms in total. The van der Waals surface area contributed by atoms with Crippen molar-refractivity contribution < 1.29 is 4.74 Å². The maximum atomic E-state index is 5.90. The Morgan fingerprint density at radius 2 is 1.83 bits per heavy atom. The topological polar surface area (TPSA) is 21.3 Å². The highest BCUT2D eigenvalue weighted by molar-refractivity contribution is 6.30. The fourth-order valence-corrected chi connectivity index (χ4v) is 1.94. The summed E-state index contributed by atoms with van der Waals surface area (Å²) in [4.78, 5) is 0. The molecule has 0 fully saturated rings. The Bertz CT molecular complexity index is 513. The van der Waals surface area contributed by atoms with Crippen LogP contribution in [0.1, 0.15) is 11.1 Å². The summed E-state index contributed by atoms with van der Waals surface area (Å²) in [6.45, 7) is 1.42. The quantitative estimate of drug-likeness (QED) is 0.887. The Kier molecular flexibility index (Phi) is 4.62. The third kappa shape index (κ3) is 3.76. The van der Waals surface area contributed by atoms with Crippen LogP contribution in [0.4, 0.5) is 0 Å². The van der Waals surface area contributed by atoms with Gasteiger partial charge in [-0.1, -0.05) is 41.9 Å². The molecule has 0 spiro atoms. The van der Waals surface area contributed by atoms with Crippen molar-refractivity contribution in [1.29, 1.82) is 0 Å². The molecule has 2 aromatic carbocycles. The fourth-order valence-electron chi connectivity index (χ4n) is 1.76. The van der Waals surface area contributed by atoms with Gasteiger partial charge in [-0.15, -0.1) is 0 Å². The Labute approximate surface area is 113 Å². The summed E-state index contributed by atoms with van der Waals surface area (Å²) in [5.41, 5.74) is 2.41. The molecule has 2 rings (SSSR count). The van der Waals surface area contributed by atoms with Gasteiger partial charge in [0.05, 0.1) is 0 Å². The van der Waals surface area contributed by atoms with Crippen LogP contribution >= 0.6 is 11.6 Å². The van der Waals surface area contributed by atoms with Gasteiger partial charge in [-0.25, -0.2) is 0 Å². The molecule has 2 aromatic rings. The molecular weight excluding hydrogens is 246 g/mol. The second-order valence-electron chi connectivity index (χ2n) is 4.10. The molecular formula is C15H16ClNO. The molecule has 3 heteroatoms. The van der Waals surface area contributed by atoms with Gasteiger partial charge in [0.15, 0.2) is 0 Å². The number of hydrogen-bond donors (Lipinski definition) is 1. The van der Waals surface area contributed by atoms with Gasteiger partial charge in [0.1, 0.15) is 12.4 Å². The van der Waals surface area contributed by atoms with E-state index < -0.39 is 0 Å². The van der Waals surface area contributed by atoms with E-state index in [4.69, 9.17) is 16.3 Å². The Morgan fingerprint density at radius 3 is 2.61 bits per heavy atom. The zero-order valence-corrected chi connectivity index (χ0v) is 11.1. The largest absolute Gasteiger partial charge is 0.489 e. The lowest BCUT2D eigenvalue weighted by Crippen LogP contribution is -2.05. The van der Waals surface area contributed by atoms with Crippen LogP contribution in [0.5, 0.6) is 5.75 Å². The van der Waals surface area contributed by atoms with Gasteiger partial charge in [0.2, 0.25) is 0 Å². The van der Waals surface area contributed by atoms with Gasteiger partial charge < -0.3 is 10.1 Å². The van der Waals surface area contributed by atoms with Crippen molar-refractivity contribution in [3.8, 4) is 5.75 Å². The molecule has 0 radical (unpaired) electrons. The molecule has 0 aliphatic heterocycles. The van der Waals surface area contributed by atoms with Gasteiger partial charge in [0, 0.05) is 11.6 Å². The van der Waals surface area contributed by atoms with E-state index in [1.807, 2.05) is 37.4 Å². The predicted molar refractivity (Wildman–Crippen MR) is 75.0 cm³/mol. The molecule has 0 aromatic heterocycles. The minimum absolute atomic E-state index is 0.553. The van der Waals surface area contributed by atoms with Crippen molar-refractivity contribution in [3.05, 3.63) is 64.7 Å². The van der Waals surface area contributed by atoms with E-state index >= 15 is 0 Å². The number of nitrogens with one attached hydrogen (secondary N) is 1. The molecule has 0 amide bonds. The van der Waals surface area contributed by atoms with E-state index in [0.29, 0.717) is 11.6 Å². The predicted octanol–water partition coefficient (Wildman–Crippen LogP) is 3.64. The molecule has 0 aliphatic rings. The SMILES string of the molecule is CNCc1cccc(COc2cccc(Cl)c2)c1. The van der Waals surface area contributed by atoms with Crippen molar-refractivity contribution in [2.45, 2.75) is 13.2 Å². The smallest absolute Gasteiger partial charge is 0.121 e. The number of ether oxygens (including phenoxy) is 1. The number of rotatable bonds is 5. The van der Waals surface area contributed by atoms with E-state index in [2.05, 4.69) is 23.5 Å². The molecule has 0 atom stereocenters. The van der Waals surface area contributed by atoms with Gasteiger partial charge in [-0.2, -0.15) is 0 Å². The number of hydrogen-bond acceptors (Lipinski definition) is 2. The third-order valence-corrected chi connectivity index (χ3v) is 2.81. The molecule has 0 bridgehead atoms. The van der Waals surface area contributed by atoms with Crippen LogP contribution in [0.15, 0.2) is 48.5 Å². The average molecular weight is 262 g/mol. The van der Waals surface area contributed by atoms with E-state index in [1.54, 1.807) is 0 Å². The van der Waals surface area contributed by atoms with Crippen LogP contribution < -0.4 is 10.1 Å². The van der Waals surface area contributed by atoms with E-state index in [1.165, 1.54) is 5.56 Å². The maximum absolute atomic E-state index is 5.90. The van der Waals surface area contributed by atoms with Gasteiger partial charge in [-0.05, 0) is 36.4 Å². The van der Waals surface area contributed by atoms with Crippen molar-refractivity contribution in [1.82, 2.24) is 5.32 Å². The lowest BCUT2D eigenvalue weighted by atomic mass is 10.1. The van der Waals surface area contributed by atoms with Crippen LogP contribution in [-0.2, 0) is 13.2 Å². The van der Waals surface area contributed by atoms with Crippen LogP contribution in [0, 0.1) is 0 Å². The summed E-state index contributed by atoms with van der Waals surface area (Å²) in [6, 6.07) is 15.8. The zero-order valence-electron chi connectivity index (χ0n) is 10.3. The molecule has 0 unspecified atom stereocenters. The second kappa shape index (κ2) is 6.43. The van der Waals surface area contributed by atoms with Crippen LogP contribution in [0.2, 0.25) is 5.02 Å². The Morgan fingerprint density at radius 1 is 1.06 bits per heavy atom. The highest BCUT2D eigenvalue weighted by Gasteiger charge is 1.98. The Balaban J connectivity index is 1.99. The summed E-state index contributed by atoms with van der Waals surface area (Å²) in [7, 11) is 1.94. The lowest BCUT2D eigenvalue weighted by Gasteiger charge is -2.08. The molecule has 0 saturated heterocycles. The number of halogens is 1. The summed E-state index contributed by atoms with van der Waals surface area (Å²) >= 11 is 5.90. The lowest BCUT2D eigenvalue weighted by molar-refractivity contribution is 0.306. The van der Waals surface area contributed by atoms with Crippen LogP contribution in [0.25, 0.3) is 0 Å². The highest BCUT2D eigenvalue weighted by atomic mass is 35.5. The molecule has 94 valence electrons. The van der Waals surface area contributed by atoms with Crippen LogP contribution in [0.3, 0.4) is 0 Å². The number of benzene rings is 2. The summed E-state index contributed by atoms with van der Waals surface area (Å²) < 4.78 is 5.70. The minimum atomic E-state index is 0.553.